The zero-order valence-electron chi connectivity index (χ0n) is 14.1. The van der Waals surface area contributed by atoms with E-state index in [9.17, 15) is 9.90 Å². The first kappa shape index (κ1) is 17.4. The second-order valence-electron chi connectivity index (χ2n) is 5.15. The number of aliphatic carboxylic acids is 1. The number of ether oxygens (including phenoxy) is 3. The molecule has 0 saturated carbocycles. The molecule has 126 valence electrons. The van der Waals surface area contributed by atoms with Crippen LogP contribution in [0.3, 0.4) is 0 Å². The van der Waals surface area contributed by atoms with Gasteiger partial charge in [-0.3, -0.25) is 0 Å². The Morgan fingerprint density at radius 1 is 1.00 bits per heavy atom. The molecule has 2 rings (SSSR count). The van der Waals surface area contributed by atoms with Gasteiger partial charge in [0, 0.05) is 11.1 Å². The van der Waals surface area contributed by atoms with Crippen LogP contribution in [0.4, 0.5) is 0 Å². The van der Waals surface area contributed by atoms with Crippen molar-refractivity contribution < 1.29 is 24.1 Å². The predicted molar refractivity (Wildman–Crippen MR) is 92.8 cm³/mol. The van der Waals surface area contributed by atoms with Crippen molar-refractivity contribution in [2.45, 2.75) is 6.92 Å². The summed E-state index contributed by atoms with van der Waals surface area (Å²) in [4.78, 5) is 11.8. The highest BCUT2D eigenvalue weighted by Gasteiger charge is 2.18. The average Bonchev–Trinajstić information content (AvgIpc) is 2.58. The van der Waals surface area contributed by atoms with Crippen molar-refractivity contribution >= 4 is 17.6 Å². The molecule has 0 heterocycles. The van der Waals surface area contributed by atoms with E-state index in [4.69, 9.17) is 14.2 Å². The Balaban J connectivity index is 2.68. The minimum absolute atomic E-state index is 0.113. The lowest BCUT2D eigenvalue weighted by Gasteiger charge is -2.13. The first-order chi connectivity index (χ1) is 11.5. The molecule has 0 aliphatic heterocycles. The second kappa shape index (κ2) is 7.55. The van der Waals surface area contributed by atoms with Gasteiger partial charge in [-0.25, -0.2) is 4.79 Å². The number of methoxy groups -OCH3 is 3. The van der Waals surface area contributed by atoms with Gasteiger partial charge in [-0.15, -0.1) is 0 Å². The van der Waals surface area contributed by atoms with Gasteiger partial charge in [0.15, 0.2) is 11.5 Å². The van der Waals surface area contributed by atoms with Crippen LogP contribution in [0.15, 0.2) is 36.4 Å². The fourth-order valence-electron chi connectivity index (χ4n) is 2.47. The van der Waals surface area contributed by atoms with Crippen molar-refractivity contribution in [3.05, 3.63) is 53.1 Å². The maximum absolute atomic E-state index is 11.8. The lowest BCUT2D eigenvalue weighted by atomic mass is 9.99. The minimum atomic E-state index is -1.05. The van der Waals surface area contributed by atoms with Crippen LogP contribution in [-0.2, 0) is 4.79 Å². The molecule has 1 N–H and O–H groups in total. The summed E-state index contributed by atoms with van der Waals surface area (Å²) >= 11 is 0. The molecule has 0 saturated heterocycles. The van der Waals surface area contributed by atoms with Crippen LogP contribution >= 0.6 is 0 Å². The van der Waals surface area contributed by atoms with Crippen LogP contribution in [0.5, 0.6) is 17.2 Å². The molecule has 2 aromatic carbocycles. The molecule has 0 unspecified atom stereocenters. The highest BCUT2D eigenvalue weighted by atomic mass is 16.5. The fraction of sp³-hybridized carbons (Fsp3) is 0.211. The standard InChI is InChI=1S/C19H20O5/c1-12-8-9-16(22-2)14(10-12)15(19(20)21)11-13-6-5-7-17(23-3)18(13)24-4/h5-11H,1-4H3,(H,20,21)/b15-11-. The van der Waals surface area contributed by atoms with Crippen LogP contribution in [0.25, 0.3) is 11.6 Å². The van der Waals surface area contributed by atoms with Gasteiger partial charge < -0.3 is 19.3 Å². The smallest absolute Gasteiger partial charge is 0.336 e. The third-order valence-electron chi connectivity index (χ3n) is 3.61. The first-order valence-corrected chi connectivity index (χ1v) is 7.32. The normalized spacial score (nSPS) is 11.1. The van der Waals surface area contributed by atoms with Crippen LogP contribution in [-0.4, -0.2) is 32.4 Å². The largest absolute Gasteiger partial charge is 0.496 e. The van der Waals surface area contributed by atoms with E-state index >= 15 is 0 Å². The molecule has 2 aromatic rings. The third-order valence-corrected chi connectivity index (χ3v) is 3.61. The molecule has 0 fully saturated rings. The maximum atomic E-state index is 11.8. The molecule has 0 bridgehead atoms. The lowest BCUT2D eigenvalue weighted by molar-refractivity contribution is -0.130. The first-order valence-electron chi connectivity index (χ1n) is 7.32. The van der Waals surface area contributed by atoms with Crippen LogP contribution in [0.1, 0.15) is 16.7 Å². The van der Waals surface area contributed by atoms with Gasteiger partial charge in [-0.1, -0.05) is 23.8 Å². The summed E-state index contributed by atoms with van der Waals surface area (Å²) in [6.45, 7) is 1.90. The Bertz CT molecular complexity index is 777. The summed E-state index contributed by atoms with van der Waals surface area (Å²) in [6.07, 6.45) is 1.56. The number of carboxylic acid groups (broad SMARTS) is 1. The van der Waals surface area contributed by atoms with E-state index in [-0.39, 0.29) is 5.57 Å². The highest BCUT2D eigenvalue weighted by Crippen LogP contribution is 2.35. The Labute approximate surface area is 141 Å². The maximum Gasteiger partial charge on any atom is 0.336 e. The van der Waals surface area contributed by atoms with Gasteiger partial charge in [0.25, 0.3) is 0 Å². The summed E-state index contributed by atoms with van der Waals surface area (Å²) < 4.78 is 15.9. The van der Waals surface area contributed by atoms with Crippen molar-refractivity contribution in [3.8, 4) is 17.2 Å². The van der Waals surface area contributed by atoms with Gasteiger partial charge in [0.2, 0.25) is 0 Å². The summed E-state index contributed by atoms with van der Waals surface area (Å²) in [6, 6.07) is 10.7. The van der Waals surface area contributed by atoms with E-state index < -0.39 is 5.97 Å². The lowest BCUT2D eigenvalue weighted by Crippen LogP contribution is -2.03. The van der Waals surface area contributed by atoms with Crippen molar-refractivity contribution in [2.24, 2.45) is 0 Å². The molecule has 5 nitrogen and oxygen atoms in total. The molecule has 0 spiro atoms. The van der Waals surface area contributed by atoms with Crippen molar-refractivity contribution in [2.75, 3.05) is 21.3 Å². The highest BCUT2D eigenvalue weighted by molar-refractivity contribution is 6.21. The third kappa shape index (κ3) is 3.51. The number of benzene rings is 2. The van der Waals surface area contributed by atoms with Crippen LogP contribution in [0.2, 0.25) is 0 Å². The summed E-state index contributed by atoms with van der Waals surface area (Å²) in [5, 5.41) is 9.69. The van der Waals surface area contributed by atoms with Gasteiger partial charge in [-0.05, 0) is 31.2 Å². The van der Waals surface area contributed by atoms with Gasteiger partial charge >= 0.3 is 5.97 Å². The Morgan fingerprint density at radius 2 is 1.71 bits per heavy atom. The van der Waals surface area contributed by atoms with E-state index in [1.54, 1.807) is 36.4 Å². The number of carbonyl (C=O) groups is 1. The quantitative estimate of drug-likeness (QED) is 0.648. The summed E-state index contributed by atoms with van der Waals surface area (Å²) in [7, 11) is 4.57. The molecular formula is C19H20O5. The minimum Gasteiger partial charge on any atom is -0.496 e. The molecular weight excluding hydrogens is 308 g/mol. The van der Waals surface area contributed by atoms with Gasteiger partial charge in [0.1, 0.15) is 5.75 Å². The van der Waals surface area contributed by atoms with Crippen LogP contribution < -0.4 is 14.2 Å². The topological polar surface area (TPSA) is 65.0 Å². The van der Waals surface area contributed by atoms with E-state index in [1.807, 2.05) is 13.0 Å². The number of hydrogen-bond acceptors (Lipinski definition) is 4. The molecule has 5 heteroatoms. The van der Waals surface area contributed by atoms with Crippen molar-refractivity contribution in [1.29, 1.82) is 0 Å². The van der Waals surface area contributed by atoms with Crippen molar-refractivity contribution in [3.63, 3.8) is 0 Å². The number of rotatable bonds is 6. The van der Waals surface area contributed by atoms with E-state index in [0.29, 0.717) is 28.4 Å². The number of para-hydroxylation sites is 1. The number of carboxylic acids is 1. The second-order valence-corrected chi connectivity index (χ2v) is 5.15. The molecule has 0 aliphatic rings. The molecule has 0 aromatic heterocycles. The van der Waals surface area contributed by atoms with E-state index in [1.165, 1.54) is 21.3 Å². The predicted octanol–water partition coefficient (Wildman–Crippen LogP) is 3.65. The molecule has 0 atom stereocenters. The van der Waals surface area contributed by atoms with E-state index in [2.05, 4.69) is 0 Å². The number of hydrogen-bond donors (Lipinski definition) is 1. The zero-order chi connectivity index (χ0) is 17.7. The monoisotopic (exact) mass is 328 g/mol. The molecule has 0 aliphatic carbocycles. The van der Waals surface area contributed by atoms with Crippen LogP contribution in [0, 0.1) is 6.92 Å². The molecule has 0 amide bonds. The van der Waals surface area contributed by atoms with Crippen molar-refractivity contribution in [1.82, 2.24) is 0 Å². The number of aryl methyl sites for hydroxylation is 1. The molecule has 0 radical (unpaired) electrons. The average molecular weight is 328 g/mol. The fourth-order valence-corrected chi connectivity index (χ4v) is 2.47. The molecule has 24 heavy (non-hydrogen) atoms. The van der Waals surface area contributed by atoms with E-state index in [0.717, 1.165) is 5.56 Å². The van der Waals surface area contributed by atoms with Gasteiger partial charge in [-0.2, -0.15) is 0 Å². The Morgan fingerprint density at radius 3 is 2.29 bits per heavy atom. The van der Waals surface area contributed by atoms with Gasteiger partial charge in [0.05, 0.1) is 26.9 Å². The SMILES string of the molecule is COc1ccc(C)cc1/C(=C/c1cccc(OC)c1OC)C(=O)O. The summed E-state index contributed by atoms with van der Waals surface area (Å²) in [5.74, 6) is 0.456. The Kier molecular flexibility index (Phi) is 5.47. The Hall–Kier alpha value is -2.95. The zero-order valence-corrected chi connectivity index (χ0v) is 14.1. The summed E-state index contributed by atoms with van der Waals surface area (Å²) in [5.41, 5.74) is 2.17.